The van der Waals surface area contributed by atoms with Crippen LogP contribution in [0.2, 0.25) is 0 Å². The second-order valence-electron chi connectivity index (χ2n) is 5.50. The van der Waals surface area contributed by atoms with Crippen LogP contribution in [-0.4, -0.2) is 66.4 Å². The molecule has 0 aliphatic heterocycles. The molecule has 0 radical (unpaired) electrons. The van der Waals surface area contributed by atoms with E-state index in [0.29, 0.717) is 52.3 Å². The quantitative estimate of drug-likeness (QED) is 0.545. The summed E-state index contributed by atoms with van der Waals surface area (Å²) in [5, 5.41) is 3.28. The van der Waals surface area contributed by atoms with Gasteiger partial charge in [0.25, 0.3) is 0 Å². The Kier molecular flexibility index (Phi) is 11.5. The molecule has 0 bridgehead atoms. The number of hydrogen-bond donors (Lipinski definition) is 1. The Bertz CT molecular complexity index is 194. The summed E-state index contributed by atoms with van der Waals surface area (Å²) in [4.78, 5) is 0. The maximum Gasteiger partial charge on any atom is 0.0701 e. The van der Waals surface area contributed by atoms with Crippen molar-refractivity contribution < 1.29 is 18.9 Å². The minimum Gasteiger partial charge on any atom is -0.382 e. The van der Waals surface area contributed by atoms with E-state index in [1.165, 1.54) is 0 Å². The van der Waals surface area contributed by atoms with Crippen molar-refractivity contribution in [3.63, 3.8) is 0 Å². The Labute approximate surface area is 117 Å². The third kappa shape index (κ3) is 11.3. The van der Waals surface area contributed by atoms with Crippen molar-refractivity contribution in [3.05, 3.63) is 0 Å². The molecule has 0 aliphatic carbocycles. The van der Waals surface area contributed by atoms with E-state index in [-0.39, 0.29) is 5.41 Å². The van der Waals surface area contributed by atoms with Gasteiger partial charge in [0.1, 0.15) is 0 Å². The first-order chi connectivity index (χ1) is 9.02. The van der Waals surface area contributed by atoms with E-state index in [9.17, 15) is 0 Å². The Morgan fingerprint density at radius 1 is 0.842 bits per heavy atom. The highest BCUT2D eigenvalue weighted by atomic mass is 16.6. The molecule has 1 atom stereocenters. The SMILES string of the molecule is CNC(COCCOCCOCCOC)C(C)(C)C. The summed E-state index contributed by atoms with van der Waals surface area (Å²) in [5.41, 5.74) is 0.199. The third-order valence-corrected chi connectivity index (χ3v) is 2.85. The number of ether oxygens (including phenoxy) is 4. The molecule has 5 nitrogen and oxygen atoms in total. The Hall–Kier alpha value is -0.200. The van der Waals surface area contributed by atoms with Gasteiger partial charge in [-0.05, 0) is 12.5 Å². The molecule has 0 aromatic heterocycles. The first kappa shape index (κ1) is 18.8. The number of nitrogens with one attached hydrogen (secondary N) is 1. The van der Waals surface area contributed by atoms with E-state index >= 15 is 0 Å². The van der Waals surface area contributed by atoms with Crippen LogP contribution in [0.3, 0.4) is 0 Å². The zero-order valence-electron chi connectivity index (χ0n) is 13.2. The lowest BCUT2D eigenvalue weighted by Crippen LogP contribution is -2.42. The fraction of sp³-hybridized carbons (Fsp3) is 1.00. The topological polar surface area (TPSA) is 49.0 Å². The zero-order chi connectivity index (χ0) is 14.6. The molecule has 0 heterocycles. The smallest absolute Gasteiger partial charge is 0.0701 e. The minimum absolute atomic E-state index is 0.199. The van der Waals surface area contributed by atoms with Gasteiger partial charge in [0, 0.05) is 13.2 Å². The lowest BCUT2D eigenvalue weighted by Gasteiger charge is -2.30. The van der Waals surface area contributed by atoms with Crippen molar-refractivity contribution in [1.29, 1.82) is 0 Å². The first-order valence-electron chi connectivity index (χ1n) is 6.91. The monoisotopic (exact) mass is 277 g/mol. The van der Waals surface area contributed by atoms with E-state index in [4.69, 9.17) is 18.9 Å². The standard InChI is InChI=1S/C14H31NO4/c1-14(2,3)13(15-4)12-19-11-10-18-9-8-17-7-6-16-5/h13,15H,6-12H2,1-5H3. The molecule has 0 rings (SSSR count). The van der Waals surface area contributed by atoms with Crippen molar-refractivity contribution >= 4 is 0 Å². The van der Waals surface area contributed by atoms with Gasteiger partial charge in [-0.1, -0.05) is 20.8 Å². The number of methoxy groups -OCH3 is 1. The highest BCUT2D eigenvalue weighted by Gasteiger charge is 2.22. The molecule has 0 aromatic carbocycles. The molecule has 0 aliphatic rings. The van der Waals surface area contributed by atoms with Gasteiger partial charge in [0.2, 0.25) is 0 Å². The highest BCUT2D eigenvalue weighted by Crippen LogP contribution is 2.18. The van der Waals surface area contributed by atoms with Gasteiger partial charge >= 0.3 is 0 Å². The molecular weight excluding hydrogens is 246 g/mol. The molecule has 116 valence electrons. The molecule has 0 fully saturated rings. The lowest BCUT2D eigenvalue weighted by atomic mass is 9.87. The van der Waals surface area contributed by atoms with Crippen LogP contribution in [0.25, 0.3) is 0 Å². The van der Waals surface area contributed by atoms with Crippen LogP contribution < -0.4 is 5.32 Å². The van der Waals surface area contributed by atoms with Gasteiger partial charge in [0.05, 0.1) is 46.2 Å². The van der Waals surface area contributed by atoms with Crippen molar-refractivity contribution in [2.24, 2.45) is 5.41 Å². The summed E-state index contributed by atoms with van der Waals surface area (Å²) in [5.74, 6) is 0. The molecule has 0 spiro atoms. The van der Waals surface area contributed by atoms with E-state index in [2.05, 4.69) is 26.1 Å². The fourth-order valence-corrected chi connectivity index (χ4v) is 1.55. The van der Waals surface area contributed by atoms with Crippen LogP contribution in [0.4, 0.5) is 0 Å². The summed E-state index contributed by atoms with van der Waals surface area (Å²) >= 11 is 0. The van der Waals surface area contributed by atoms with Gasteiger partial charge in [-0.15, -0.1) is 0 Å². The summed E-state index contributed by atoms with van der Waals surface area (Å²) < 4.78 is 21.2. The molecule has 19 heavy (non-hydrogen) atoms. The van der Waals surface area contributed by atoms with E-state index in [1.54, 1.807) is 7.11 Å². The molecule has 1 N–H and O–H groups in total. The molecule has 0 aromatic rings. The Balaban J connectivity index is 3.31. The minimum atomic E-state index is 0.199. The normalized spacial score (nSPS) is 13.7. The molecule has 0 amide bonds. The Morgan fingerprint density at radius 2 is 1.32 bits per heavy atom. The van der Waals surface area contributed by atoms with Gasteiger partial charge in [-0.3, -0.25) is 0 Å². The third-order valence-electron chi connectivity index (χ3n) is 2.85. The predicted octanol–water partition coefficient (Wildman–Crippen LogP) is 1.32. The molecular formula is C14H31NO4. The highest BCUT2D eigenvalue weighted by molar-refractivity contribution is 4.78. The van der Waals surface area contributed by atoms with Crippen LogP contribution >= 0.6 is 0 Å². The lowest BCUT2D eigenvalue weighted by molar-refractivity contribution is -0.00381. The summed E-state index contributed by atoms with van der Waals surface area (Å²) in [7, 11) is 3.63. The van der Waals surface area contributed by atoms with E-state index in [1.807, 2.05) is 7.05 Å². The molecule has 1 unspecified atom stereocenters. The molecule has 0 saturated heterocycles. The second kappa shape index (κ2) is 11.6. The maximum atomic E-state index is 5.61. The predicted molar refractivity (Wildman–Crippen MR) is 76.6 cm³/mol. The van der Waals surface area contributed by atoms with E-state index < -0.39 is 0 Å². The average molecular weight is 277 g/mol. The fourth-order valence-electron chi connectivity index (χ4n) is 1.55. The average Bonchev–Trinajstić information content (AvgIpc) is 2.34. The maximum absolute atomic E-state index is 5.61. The van der Waals surface area contributed by atoms with Crippen LogP contribution in [-0.2, 0) is 18.9 Å². The van der Waals surface area contributed by atoms with Crippen molar-refractivity contribution in [3.8, 4) is 0 Å². The van der Waals surface area contributed by atoms with Crippen molar-refractivity contribution in [2.45, 2.75) is 26.8 Å². The number of hydrogen-bond acceptors (Lipinski definition) is 5. The zero-order valence-corrected chi connectivity index (χ0v) is 13.2. The number of rotatable bonds is 12. The number of likely N-dealkylation sites (N-methyl/N-ethyl adjacent to an activating group) is 1. The van der Waals surface area contributed by atoms with Crippen LogP contribution in [0.15, 0.2) is 0 Å². The van der Waals surface area contributed by atoms with Crippen LogP contribution in [0, 0.1) is 5.41 Å². The molecule has 0 saturated carbocycles. The summed E-state index contributed by atoms with van der Waals surface area (Å²) in [6, 6.07) is 0.352. The van der Waals surface area contributed by atoms with Gasteiger partial charge in [0.15, 0.2) is 0 Å². The Morgan fingerprint density at radius 3 is 1.74 bits per heavy atom. The second-order valence-corrected chi connectivity index (χ2v) is 5.50. The van der Waals surface area contributed by atoms with Crippen molar-refractivity contribution in [2.75, 3.05) is 60.4 Å². The largest absolute Gasteiger partial charge is 0.382 e. The summed E-state index contributed by atoms with van der Waals surface area (Å²) in [6.45, 7) is 11.0. The van der Waals surface area contributed by atoms with Crippen LogP contribution in [0.1, 0.15) is 20.8 Å². The van der Waals surface area contributed by atoms with Gasteiger partial charge < -0.3 is 24.3 Å². The van der Waals surface area contributed by atoms with Gasteiger partial charge in [-0.25, -0.2) is 0 Å². The van der Waals surface area contributed by atoms with Crippen molar-refractivity contribution in [1.82, 2.24) is 5.32 Å². The molecule has 5 heteroatoms. The summed E-state index contributed by atoms with van der Waals surface area (Å²) in [6.07, 6.45) is 0. The van der Waals surface area contributed by atoms with Gasteiger partial charge in [-0.2, -0.15) is 0 Å². The van der Waals surface area contributed by atoms with E-state index in [0.717, 1.165) is 0 Å². The first-order valence-corrected chi connectivity index (χ1v) is 6.91. The van der Waals surface area contributed by atoms with Crippen LogP contribution in [0.5, 0.6) is 0 Å².